The molecular weight excluding hydrogens is 461 g/mol. The number of benzene rings is 2. The summed E-state index contributed by atoms with van der Waals surface area (Å²) in [6, 6.07) is 8.12. The van der Waals surface area contributed by atoms with Gasteiger partial charge in [-0.15, -0.1) is 0 Å². The molecule has 182 valence electrons. The Hall–Kier alpha value is -3.11. The fraction of sp³-hybridized carbons (Fsp3) is 0.417. The standard InChI is InChI=1S/C24H28FN3O5S/c1-29-20-13-17(14-21(30-2)23(20)31-3)26-24(34)32-11-10-28-8-6-15(7-9-28)22-18-5-4-16(25)12-19(18)33-27-22/h4-5,12-15H,6-11H2,1-3H3,(H,26,34). The van der Waals surface area contributed by atoms with Gasteiger partial charge in [0.1, 0.15) is 12.4 Å². The predicted octanol–water partition coefficient (Wildman–Crippen LogP) is 4.59. The lowest BCUT2D eigenvalue weighted by atomic mass is 9.91. The Bertz CT molecular complexity index is 1120. The van der Waals surface area contributed by atoms with Crippen LogP contribution in [0, 0.1) is 5.82 Å². The first-order chi connectivity index (χ1) is 16.5. The first-order valence-electron chi connectivity index (χ1n) is 11.0. The van der Waals surface area contributed by atoms with E-state index in [0.717, 1.165) is 43.6 Å². The van der Waals surface area contributed by atoms with Gasteiger partial charge in [-0.05, 0) is 50.3 Å². The zero-order chi connectivity index (χ0) is 24.1. The van der Waals surface area contributed by atoms with Crippen LogP contribution in [0.1, 0.15) is 24.5 Å². The highest BCUT2D eigenvalue weighted by molar-refractivity contribution is 7.80. The van der Waals surface area contributed by atoms with Crippen molar-refractivity contribution in [2.24, 2.45) is 0 Å². The van der Waals surface area contributed by atoms with E-state index in [-0.39, 0.29) is 11.0 Å². The SMILES string of the molecule is COc1cc(NC(=S)OCCN2CCC(c3noc4cc(F)ccc34)CC2)cc(OC)c1OC. The predicted molar refractivity (Wildman–Crippen MR) is 131 cm³/mol. The summed E-state index contributed by atoms with van der Waals surface area (Å²) in [4.78, 5) is 2.33. The number of nitrogens with one attached hydrogen (secondary N) is 1. The summed E-state index contributed by atoms with van der Waals surface area (Å²) in [5, 5.41) is 8.43. The second-order valence-electron chi connectivity index (χ2n) is 8.00. The van der Waals surface area contributed by atoms with Crippen LogP contribution in [0.2, 0.25) is 0 Å². The summed E-state index contributed by atoms with van der Waals surface area (Å²) in [5.41, 5.74) is 2.10. The molecule has 1 fully saturated rings. The van der Waals surface area contributed by atoms with E-state index < -0.39 is 0 Å². The van der Waals surface area contributed by atoms with Gasteiger partial charge >= 0.3 is 0 Å². The Balaban J connectivity index is 1.24. The van der Waals surface area contributed by atoms with Crippen molar-refractivity contribution < 1.29 is 27.9 Å². The van der Waals surface area contributed by atoms with Crippen LogP contribution in [0.4, 0.5) is 10.1 Å². The molecule has 1 aromatic heterocycles. The van der Waals surface area contributed by atoms with Crippen LogP contribution in [-0.2, 0) is 4.74 Å². The van der Waals surface area contributed by atoms with E-state index in [9.17, 15) is 4.39 Å². The van der Waals surface area contributed by atoms with Crippen molar-refractivity contribution in [3.8, 4) is 17.2 Å². The van der Waals surface area contributed by atoms with Crippen molar-refractivity contribution in [1.82, 2.24) is 10.1 Å². The van der Waals surface area contributed by atoms with Crippen molar-refractivity contribution in [1.29, 1.82) is 0 Å². The van der Waals surface area contributed by atoms with Crippen molar-refractivity contribution in [2.75, 3.05) is 52.9 Å². The zero-order valence-corrected chi connectivity index (χ0v) is 20.2. The van der Waals surface area contributed by atoms with Gasteiger partial charge in [0.15, 0.2) is 17.1 Å². The average molecular weight is 490 g/mol. The van der Waals surface area contributed by atoms with Crippen molar-refractivity contribution in [3.63, 3.8) is 0 Å². The van der Waals surface area contributed by atoms with E-state index in [0.29, 0.717) is 41.0 Å². The number of methoxy groups -OCH3 is 3. The molecule has 2 aromatic carbocycles. The number of fused-ring (bicyclic) bond motifs is 1. The second-order valence-corrected chi connectivity index (χ2v) is 8.37. The third-order valence-corrected chi connectivity index (χ3v) is 6.21. The Morgan fingerprint density at radius 3 is 2.47 bits per heavy atom. The quantitative estimate of drug-likeness (QED) is 0.457. The van der Waals surface area contributed by atoms with Crippen LogP contribution in [0.3, 0.4) is 0 Å². The number of likely N-dealkylation sites (tertiary alicyclic amines) is 1. The van der Waals surface area contributed by atoms with Crippen LogP contribution in [0.15, 0.2) is 34.9 Å². The summed E-state index contributed by atoms with van der Waals surface area (Å²) >= 11 is 5.34. The molecule has 0 radical (unpaired) electrons. The molecule has 34 heavy (non-hydrogen) atoms. The molecule has 10 heteroatoms. The van der Waals surface area contributed by atoms with Crippen molar-refractivity contribution in [2.45, 2.75) is 18.8 Å². The Kier molecular flexibility index (Phi) is 7.69. The molecule has 0 spiro atoms. The number of thiocarbonyl (C=S) groups is 1. The summed E-state index contributed by atoms with van der Waals surface area (Å²) < 4.78 is 40.5. The molecule has 8 nitrogen and oxygen atoms in total. The normalized spacial score (nSPS) is 14.7. The number of rotatable bonds is 8. The summed E-state index contributed by atoms with van der Waals surface area (Å²) in [6.45, 7) is 3.05. The molecule has 2 heterocycles. The molecule has 0 unspecified atom stereocenters. The number of halogens is 1. The van der Waals surface area contributed by atoms with Gasteiger partial charge in [-0.2, -0.15) is 0 Å². The molecule has 0 amide bonds. The maximum Gasteiger partial charge on any atom is 0.261 e. The molecule has 1 saturated heterocycles. The highest BCUT2D eigenvalue weighted by Crippen LogP contribution is 2.40. The van der Waals surface area contributed by atoms with Gasteiger partial charge in [0.25, 0.3) is 5.17 Å². The van der Waals surface area contributed by atoms with Crippen LogP contribution < -0.4 is 19.5 Å². The third kappa shape index (κ3) is 5.34. The lowest BCUT2D eigenvalue weighted by Crippen LogP contribution is -2.36. The minimum absolute atomic E-state index is 0.269. The fourth-order valence-electron chi connectivity index (χ4n) is 4.23. The maximum atomic E-state index is 13.4. The summed E-state index contributed by atoms with van der Waals surface area (Å²) in [7, 11) is 4.67. The Morgan fingerprint density at radius 1 is 1.12 bits per heavy atom. The monoisotopic (exact) mass is 489 g/mol. The van der Waals surface area contributed by atoms with Gasteiger partial charge < -0.3 is 28.8 Å². The van der Waals surface area contributed by atoms with Crippen LogP contribution >= 0.6 is 12.2 Å². The lowest BCUT2D eigenvalue weighted by molar-refractivity contribution is 0.169. The molecule has 1 aliphatic heterocycles. The molecule has 4 rings (SSSR count). The third-order valence-electron chi connectivity index (χ3n) is 5.99. The van der Waals surface area contributed by atoms with Gasteiger partial charge in [-0.3, -0.25) is 4.90 Å². The van der Waals surface area contributed by atoms with Crippen LogP contribution in [0.5, 0.6) is 17.2 Å². The summed E-state index contributed by atoms with van der Waals surface area (Å²) in [5.74, 6) is 1.55. The van der Waals surface area contributed by atoms with E-state index in [1.54, 1.807) is 39.5 Å². The van der Waals surface area contributed by atoms with E-state index in [1.807, 2.05) is 0 Å². The summed E-state index contributed by atoms with van der Waals surface area (Å²) in [6.07, 6.45) is 1.90. The van der Waals surface area contributed by atoms with Gasteiger partial charge in [0.2, 0.25) is 5.75 Å². The van der Waals surface area contributed by atoms with Gasteiger partial charge in [-0.1, -0.05) is 5.16 Å². The maximum absolute atomic E-state index is 13.4. The number of aromatic nitrogens is 1. The zero-order valence-electron chi connectivity index (χ0n) is 19.4. The first-order valence-corrected chi connectivity index (χ1v) is 11.4. The molecule has 0 saturated carbocycles. The smallest absolute Gasteiger partial charge is 0.261 e. The average Bonchev–Trinajstić information content (AvgIpc) is 3.26. The van der Waals surface area contributed by atoms with Crippen LogP contribution in [-0.4, -0.2) is 62.8 Å². The first kappa shape index (κ1) is 24.0. The number of nitrogens with zero attached hydrogens (tertiary/aromatic N) is 2. The largest absolute Gasteiger partial charge is 0.493 e. The minimum Gasteiger partial charge on any atom is -0.493 e. The number of anilines is 1. The Morgan fingerprint density at radius 2 is 1.82 bits per heavy atom. The van der Waals surface area contributed by atoms with E-state index >= 15 is 0 Å². The minimum atomic E-state index is -0.317. The molecule has 0 atom stereocenters. The van der Waals surface area contributed by atoms with Gasteiger partial charge in [0, 0.05) is 41.7 Å². The van der Waals surface area contributed by atoms with Crippen molar-refractivity contribution in [3.05, 3.63) is 41.8 Å². The van der Waals surface area contributed by atoms with Gasteiger partial charge in [0.05, 0.1) is 27.0 Å². The molecule has 1 aliphatic rings. The number of ether oxygens (including phenoxy) is 4. The number of piperidine rings is 1. The van der Waals surface area contributed by atoms with Crippen molar-refractivity contribution >= 4 is 34.0 Å². The molecule has 0 aliphatic carbocycles. The molecule has 0 bridgehead atoms. The van der Waals surface area contributed by atoms with Gasteiger partial charge in [-0.25, -0.2) is 4.39 Å². The van der Waals surface area contributed by atoms with Crippen LogP contribution in [0.25, 0.3) is 11.0 Å². The molecule has 1 N–H and O–H groups in total. The van der Waals surface area contributed by atoms with E-state index in [2.05, 4.69) is 15.4 Å². The highest BCUT2D eigenvalue weighted by atomic mass is 32.1. The molecular formula is C24H28FN3O5S. The molecule has 3 aromatic rings. The van der Waals surface area contributed by atoms with E-state index in [4.69, 9.17) is 35.7 Å². The second kappa shape index (κ2) is 10.9. The number of hydrogen-bond acceptors (Lipinski definition) is 8. The Labute approximate surface area is 202 Å². The topological polar surface area (TPSA) is 78.2 Å². The lowest BCUT2D eigenvalue weighted by Gasteiger charge is -2.31. The fourth-order valence-corrected chi connectivity index (χ4v) is 4.43. The van der Waals surface area contributed by atoms with E-state index in [1.165, 1.54) is 12.1 Å². The number of hydrogen-bond donors (Lipinski definition) is 1. The highest BCUT2D eigenvalue weighted by Gasteiger charge is 2.25.